The highest BCUT2D eigenvalue weighted by Gasteiger charge is 2.18. The number of aromatic amines is 1. The third-order valence-corrected chi connectivity index (χ3v) is 3.54. The molecule has 21 heavy (non-hydrogen) atoms. The Kier molecular flexibility index (Phi) is 4.75. The number of amides is 1. The SMILES string of the molecule is C[C@@H](Cc1n[nH]c2cc(I)ccc12)NC(=O)OC(C)(C)C. The van der Waals surface area contributed by atoms with Crippen molar-refractivity contribution in [1.29, 1.82) is 0 Å². The molecule has 1 amide bonds. The number of hydrogen-bond donors (Lipinski definition) is 2. The Balaban J connectivity index is 2.01. The van der Waals surface area contributed by atoms with Crippen LogP contribution in [0.1, 0.15) is 33.4 Å². The Bertz CT molecular complexity index is 646. The van der Waals surface area contributed by atoms with Crippen LogP contribution in [-0.4, -0.2) is 27.9 Å². The molecule has 5 nitrogen and oxygen atoms in total. The van der Waals surface area contributed by atoms with Crippen molar-refractivity contribution in [2.24, 2.45) is 0 Å². The number of nitrogens with zero attached hydrogens (tertiary/aromatic N) is 1. The number of benzene rings is 1. The highest BCUT2D eigenvalue weighted by Crippen LogP contribution is 2.19. The molecule has 0 fully saturated rings. The molecule has 6 heteroatoms. The Morgan fingerprint density at radius 3 is 2.86 bits per heavy atom. The van der Waals surface area contributed by atoms with Crippen LogP contribution in [0, 0.1) is 3.57 Å². The lowest BCUT2D eigenvalue weighted by Crippen LogP contribution is -2.38. The smallest absolute Gasteiger partial charge is 0.407 e. The molecule has 1 atom stereocenters. The molecule has 0 aliphatic carbocycles. The van der Waals surface area contributed by atoms with E-state index in [0.29, 0.717) is 6.42 Å². The second kappa shape index (κ2) is 6.21. The molecule has 2 N–H and O–H groups in total. The largest absolute Gasteiger partial charge is 0.444 e. The van der Waals surface area contributed by atoms with Gasteiger partial charge in [-0.05, 0) is 68.5 Å². The lowest BCUT2D eigenvalue weighted by molar-refractivity contribution is 0.0508. The van der Waals surface area contributed by atoms with E-state index in [0.717, 1.165) is 20.2 Å². The van der Waals surface area contributed by atoms with Gasteiger partial charge in [0.2, 0.25) is 0 Å². The topological polar surface area (TPSA) is 67.0 Å². The summed E-state index contributed by atoms with van der Waals surface area (Å²) in [4.78, 5) is 11.7. The van der Waals surface area contributed by atoms with Gasteiger partial charge in [-0.15, -0.1) is 0 Å². The van der Waals surface area contributed by atoms with Crippen molar-refractivity contribution in [1.82, 2.24) is 15.5 Å². The minimum absolute atomic E-state index is 0.0503. The summed E-state index contributed by atoms with van der Waals surface area (Å²) in [7, 11) is 0. The van der Waals surface area contributed by atoms with Crippen molar-refractivity contribution in [3.63, 3.8) is 0 Å². The standard InChI is InChI=1S/C15H20IN3O2/c1-9(17-14(20)21-15(2,3)4)7-12-11-6-5-10(16)8-13(11)19-18-12/h5-6,8-9H,7H2,1-4H3,(H,17,20)(H,18,19)/t9-/m0/s1. The second-order valence-electron chi connectivity index (χ2n) is 6.11. The molecule has 0 saturated heterocycles. The number of H-pyrrole nitrogens is 1. The molecule has 1 aromatic carbocycles. The molecule has 0 aliphatic heterocycles. The summed E-state index contributed by atoms with van der Waals surface area (Å²) in [5, 5.41) is 11.3. The molecule has 0 unspecified atom stereocenters. The van der Waals surface area contributed by atoms with Gasteiger partial charge in [0.25, 0.3) is 0 Å². The molecule has 2 aromatic rings. The van der Waals surface area contributed by atoms with Crippen molar-refractivity contribution in [3.8, 4) is 0 Å². The second-order valence-corrected chi connectivity index (χ2v) is 7.36. The first kappa shape index (κ1) is 16.1. The monoisotopic (exact) mass is 401 g/mol. The van der Waals surface area contributed by atoms with E-state index in [9.17, 15) is 4.79 Å². The lowest BCUT2D eigenvalue weighted by Gasteiger charge is -2.21. The van der Waals surface area contributed by atoms with Crippen LogP contribution in [0.25, 0.3) is 10.9 Å². The van der Waals surface area contributed by atoms with E-state index in [1.54, 1.807) is 0 Å². The summed E-state index contributed by atoms with van der Waals surface area (Å²) >= 11 is 2.27. The normalized spacial score (nSPS) is 13.2. The maximum absolute atomic E-state index is 11.7. The third-order valence-electron chi connectivity index (χ3n) is 2.87. The van der Waals surface area contributed by atoms with Crippen molar-refractivity contribution < 1.29 is 9.53 Å². The Labute approximate surface area is 138 Å². The molecule has 2 rings (SSSR count). The number of halogens is 1. The van der Waals surface area contributed by atoms with Crippen molar-refractivity contribution >= 4 is 39.6 Å². The van der Waals surface area contributed by atoms with E-state index in [-0.39, 0.29) is 6.04 Å². The summed E-state index contributed by atoms with van der Waals surface area (Å²) in [6.45, 7) is 7.48. The molecule has 1 aromatic heterocycles. The van der Waals surface area contributed by atoms with E-state index in [4.69, 9.17) is 4.74 Å². The summed E-state index contributed by atoms with van der Waals surface area (Å²) in [6.07, 6.45) is 0.254. The fraction of sp³-hybridized carbons (Fsp3) is 0.467. The van der Waals surface area contributed by atoms with Crippen LogP contribution >= 0.6 is 22.6 Å². The number of rotatable bonds is 3. The quantitative estimate of drug-likeness (QED) is 0.773. The molecular formula is C15H20IN3O2. The molecule has 0 radical (unpaired) electrons. The maximum Gasteiger partial charge on any atom is 0.407 e. The number of nitrogens with one attached hydrogen (secondary N) is 2. The van der Waals surface area contributed by atoms with Gasteiger partial charge < -0.3 is 10.1 Å². The fourth-order valence-electron chi connectivity index (χ4n) is 2.05. The van der Waals surface area contributed by atoms with Crippen LogP contribution in [-0.2, 0) is 11.2 Å². The Hall–Kier alpha value is -1.31. The van der Waals surface area contributed by atoms with Gasteiger partial charge in [-0.25, -0.2) is 4.79 Å². The highest BCUT2D eigenvalue weighted by molar-refractivity contribution is 14.1. The number of alkyl carbamates (subject to hydrolysis) is 1. The first-order valence-corrected chi connectivity index (χ1v) is 7.94. The fourth-order valence-corrected chi connectivity index (χ4v) is 2.55. The zero-order valence-electron chi connectivity index (χ0n) is 12.7. The van der Waals surface area contributed by atoms with Gasteiger partial charge in [0, 0.05) is 21.4 Å². The molecule has 0 saturated carbocycles. The molecule has 1 heterocycles. The van der Waals surface area contributed by atoms with Gasteiger partial charge >= 0.3 is 6.09 Å². The van der Waals surface area contributed by atoms with Gasteiger partial charge in [-0.2, -0.15) is 5.10 Å². The van der Waals surface area contributed by atoms with E-state index in [1.165, 1.54) is 0 Å². The minimum atomic E-state index is -0.487. The zero-order chi connectivity index (χ0) is 15.6. The number of aromatic nitrogens is 2. The summed E-state index contributed by atoms with van der Waals surface area (Å²) in [6, 6.07) is 6.10. The lowest BCUT2D eigenvalue weighted by atomic mass is 10.1. The van der Waals surface area contributed by atoms with Crippen LogP contribution in [0.15, 0.2) is 18.2 Å². The van der Waals surface area contributed by atoms with Crippen LogP contribution in [0.2, 0.25) is 0 Å². The highest BCUT2D eigenvalue weighted by atomic mass is 127. The van der Waals surface area contributed by atoms with Gasteiger partial charge in [0.05, 0.1) is 11.2 Å². The average Bonchev–Trinajstić information content (AvgIpc) is 2.68. The first-order chi connectivity index (χ1) is 9.74. The maximum atomic E-state index is 11.7. The summed E-state index contributed by atoms with van der Waals surface area (Å²) < 4.78 is 6.41. The molecule has 114 valence electrons. The predicted octanol–water partition coefficient (Wildman–Crippen LogP) is 3.62. The zero-order valence-corrected chi connectivity index (χ0v) is 14.8. The third kappa shape index (κ3) is 4.59. The average molecular weight is 401 g/mol. The van der Waals surface area contributed by atoms with E-state index in [2.05, 4.69) is 50.2 Å². The van der Waals surface area contributed by atoms with Crippen LogP contribution in [0.5, 0.6) is 0 Å². The minimum Gasteiger partial charge on any atom is -0.444 e. The van der Waals surface area contributed by atoms with Gasteiger partial charge in [-0.3, -0.25) is 5.10 Å². The van der Waals surface area contributed by atoms with Crippen LogP contribution in [0.3, 0.4) is 0 Å². The summed E-state index contributed by atoms with van der Waals surface area (Å²) in [5.41, 5.74) is 1.48. The first-order valence-electron chi connectivity index (χ1n) is 6.86. The Morgan fingerprint density at radius 1 is 1.48 bits per heavy atom. The van der Waals surface area contributed by atoms with E-state index < -0.39 is 11.7 Å². The van der Waals surface area contributed by atoms with Gasteiger partial charge in [-0.1, -0.05) is 0 Å². The number of carbonyl (C=O) groups is 1. The number of hydrogen-bond acceptors (Lipinski definition) is 3. The van der Waals surface area contributed by atoms with Crippen molar-refractivity contribution in [3.05, 3.63) is 27.5 Å². The van der Waals surface area contributed by atoms with Crippen molar-refractivity contribution in [2.45, 2.75) is 45.8 Å². The van der Waals surface area contributed by atoms with Gasteiger partial charge in [0.1, 0.15) is 5.60 Å². The van der Waals surface area contributed by atoms with Crippen LogP contribution < -0.4 is 5.32 Å². The Morgan fingerprint density at radius 2 is 2.19 bits per heavy atom. The van der Waals surface area contributed by atoms with Gasteiger partial charge in [0.15, 0.2) is 0 Å². The molecular weight excluding hydrogens is 381 g/mol. The summed E-state index contributed by atoms with van der Waals surface area (Å²) in [5.74, 6) is 0. The number of fused-ring (bicyclic) bond motifs is 1. The van der Waals surface area contributed by atoms with E-state index >= 15 is 0 Å². The number of carbonyl (C=O) groups excluding carboxylic acids is 1. The van der Waals surface area contributed by atoms with Crippen molar-refractivity contribution in [2.75, 3.05) is 0 Å². The number of ether oxygens (including phenoxy) is 1. The molecule has 0 bridgehead atoms. The van der Waals surface area contributed by atoms with Crippen LogP contribution in [0.4, 0.5) is 4.79 Å². The molecule has 0 spiro atoms. The van der Waals surface area contributed by atoms with E-state index in [1.807, 2.05) is 33.8 Å². The predicted molar refractivity (Wildman–Crippen MR) is 91.3 cm³/mol. The molecule has 0 aliphatic rings.